The molecule has 6 amide bonds. The smallest absolute Gasteiger partial charge is 0.251 e. The first-order chi connectivity index (χ1) is 64.2. The van der Waals surface area contributed by atoms with Gasteiger partial charge in [-0.15, -0.1) is 0 Å². The van der Waals surface area contributed by atoms with Crippen molar-refractivity contribution < 1.29 is 95.7 Å². The van der Waals surface area contributed by atoms with E-state index in [4.69, 9.17) is 17.2 Å². The number of nitrogens with two attached hydrogens (primary N) is 3. The van der Waals surface area contributed by atoms with E-state index in [1.807, 2.05) is 104 Å². The molecule has 9 rings (SSSR count). The fourth-order valence-corrected chi connectivity index (χ4v) is 23.6. The maximum atomic E-state index is 14.4. The summed E-state index contributed by atoms with van der Waals surface area (Å²) in [5, 5.41) is 39.5. The van der Waals surface area contributed by atoms with Gasteiger partial charge in [-0.25, -0.2) is 51.6 Å². The van der Waals surface area contributed by atoms with Crippen molar-refractivity contribution in [2.24, 2.45) is 23.1 Å². The monoisotopic (exact) mass is 1940 g/mol. The van der Waals surface area contributed by atoms with Gasteiger partial charge in [0.1, 0.15) is 53.0 Å². The number of hydrogen-bond donors (Lipinski definition) is 9. The van der Waals surface area contributed by atoms with Gasteiger partial charge < -0.3 is 63.2 Å². The van der Waals surface area contributed by atoms with Gasteiger partial charge in [-0.2, -0.15) is 0 Å². The van der Waals surface area contributed by atoms with E-state index in [0.29, 0.717) is 103 Å². The van der Waals surface area contributed by atoms with E-state index in [1.165, 1.54) is 14.7 Å². The van der Waals surface area contributed by atoms with Crippen LogP contribution in [0.5, 0.6) is 0 Å². The van der Waals surface area contributed by atoms with E-state index in [2.05, 4.69) is 16.0 Å². The Hall–Kier alpha value is -9.45. The Kier molecular flexibility index (Phi) is 46.5. The summed E-state index contributed by atoms with van der Waals surface area (Å²) in [4.78, 5) is 86.6. The van der Waals surface area contributed by atoms with Crippen LogP contribution in [0.15, 0.2) is 164 Å². The molecule has 2 aliphatic rings. The molecule has 0 heterocycles. The van der Waals surface area contributed by atoms with Gasteiger partial charge in [-0.1, -0.05) is 198 Å². The molecule has 0 radical (unpaired) electrons. The number of halogens is 6. The number of hydrogen-bond acceptors (Lipinski definition) is 18. The van der Waals surface area contributed by atoms with Crippen LogP contribution in [0.3, 0.4) is 0 Å². The van der Waals surface area contributed by atoms with Gasteiger partial charge in [0, 0.05) is 92.1 Å². The van der Waals surface area contributed by atoms with Crippen molar-refractivity contribution >= 4 is 65.0 Å². The summed E-state index contributed by atoms with van der Waals surface area (Å²) in [6.07, 6.45) is 9.42. The molecule has 2 saturated carbocycles. The zero-order chi connectivity index (χ0) is 99.3. The lowest BCUT2D eigenvalue weighted by molar-refractivity contribution is -0.138. The minimum absolute atomic E-state index is 0.00382. The maximum Gasteiger partial charge on any atom is 0.251 e. The summed E-state index contributed by atoms with van der Waals surface area (Å²) < 4.78 is 165. The van der Waals surface area contributed by atoms with Crippen LogP contribution in [0.4, 0.5) is 26.3 Å². The van der Waals surface area contributed by atoms with Gasteiger partial charge >= 0.3 is 0 Å². The third-order valence-corrected chi connectivity index (χ3v) is 31.4. The van der Waals surface area contributed by atoms with Crippen molar-refractivity contribution in [3.63, 3.8) is 0 Å². The molecular formula is C102H141F6N9O15S3. The van der Waals surface area contributed by atoms with Crippen LogP contribution in [0, 0.1) is 40.8 Å². The standard InChI is InChI=1S/C36H53F2N3O5S.C36H47F2N3O5S.C30H41F2N3O5S/c2*1-4-11-31(12-5-2)47(45,46)24-33(40-35(43)28-15-8-7-9-16-28)36(44)41(22-26-14-10-13-25(6-3)17-26)23-34(42)32(39)20-27-18-29(37)21-30(38)19-27;1-3-8-25(9-4-2)41(39,40)19-27(34-29(37)21-10-6-5-7-11-21)30(38)35(24-12-13-24)18-28(36)26(33)16-20-14-22(31)17-23(32)15-20/h10,13-14,17-19,21,28,31-34,42H,4-9,11-12,15-16,20,22-24,39H2,1-3H3,(H,40,43);7-10,13-19,21,31-34,42H,4-6,11-12,20,22-24,39H2,1-3H3,(H,40,43);5-7,10-11,14-15,17,24-28,36H,3-4,8-9,12-13,16,18-19,33H2,1-2H3,(H,34,37)/t2*32-,33?,34+;26-,27?,28+/m000/s1. The van der Waals surface area contributed by atoms with E-state index >= 15 is 0 Å². The minimum atomic E-state index is -3.85. The average Bonchev–Trinajstić information content (AvgIpc) is 1.61. The second kappa shape index (κ2) is 55.8. The molecule has 0 aromatic heterocycles. The molecule has 0 saturated heterocycles. The molecule has 24 nitrogen and oxygen atoms in total. The SMILES string of the molecule is CCCC(CCC)S(=O)(=O)CC(NC(=O)C1CCCCC1)C(=O)N(Cc1cccc(CC)c1)C[C@@H](O)[C@@H](N)Cc1cc(F)cc(F)c1.CCCC(CCC)S(=O)(=O)CC(NC(=O)c1ccccc1)C(=O)N(C[C@@H](O)[C@@H](N)Cc1cc(F)cc(F)c1)C1CC1.CCCC(CCC)S(=O)(=O)CC(NC(=O)c1ccccc1)C(=O)N(Cc1cccc(CC)c1)C[C@@H](O)[C@@H](N)Cc1cc(F)cc(F)c1. The molecule has 33 heteroatoms. The Bertz CT molecular complexity index is 5200. The Morgan fingerprint density at radius 1 is 0.363 bits per heavy atom. The summed E-state index contributed by atoms with van der Waals surface area (Å²) in [6, 6.07) is 33.1. The lowest BCUT2D eigenvalue weighted by Gasteiger charge is -2.33. The molecule has 135 heavy (non-hydrogen) atoms. The van der Waals surface area contributed by atoms with E-state index in [1.54, 1.807) is 60.7 Å². The Morgan fingerprint density at radius 3 is 0.963 bits per heavy atom. The van der Waals surface area contributed by atoms with Crippen molar-refractivity contribution in [1.29, 1.82) is 0 Å². The van der Waals surface area contributed by atoms with Gasteiger partial charge in [0.15, 0.2) is 29.5 Å². The van der Waals surface area contributed by atoms with Crippen molar-refractivity contribution in [3.05, 3.63) is 249 Å². The number of nitrogens with one attached hydrogen (secondary N) is 3. The summed E-state index contributed by atoms with van der Waals surface area (Å²) in [5.41, 5.74) is 23.6. The van der Waals surface area contributed by atoms with Gasteiger partial charge in [0.2, 0.25) is 23.6 Å². The molecule has 0 bridgehead atoms. The highest BCUT2D eigenvalue weighted by Gasteiger charge is 2.43. The lowest BCUT2D eigenvalue weighted by atomic mass is 9.88. The average molecular weight is 1940 g/mol. The minimum Gasteiger partial charge on any atom is -0.390 e. The van der Waals surface area contributed by atoms with Crippen LogP contribution in [0.2, 0.25) is 0 Å². The van der Waals surface area contributed by atoms with Gasteiger partial charge in [-0.3, -0.25) is 28.8 Å². The summed E-state index contributed by atoms with van der Waals surface area (Å²) >= 11 is 0. The van der Waals surface area contributed by atoms with E-state index in [-0.39, 0.29) is 97.7 Å². The number of amides is 6. The highest BCUT2D eigenvalue weighted by Crippen LogP contribution is 2.31. The normalized spacial score (nSPS) is 15.1. The van der Waals surface area contributed by atoms with Crippen molar-refractivity contribution in [2.45, 2.75) is 299 Å². The van der Waals surface area contributed by atoms with Crippen molar-refractivity contribution in [1.82, 2.24) is 30.7 Å². The molecule has 12 N–H and O–H groups in total. The molecule has 9 atom stereocenters. The first-order valence-corrected chi connectivity index (χ1v) is 52.7. The van der Waals surface area contributed by atoms with Crippen LogP contribution in [-0.4, -0.2) is 204 Å². The van der Waals surface area contributed by atoms with Crippen LogP contribution < -0.4 is 33.2 Å². The molecule has 2 aliphatic carbocycles. The molecule has 2 fully saturated rings. The Balaban J connectivity index is 0.000000277. The summed E-state index contributed by atoms with van der Waals surface area (Å²) in [7, 11) is -11.4. The number of benzene rings is 7. The molecule has 7 aromatic carbocycles. The number of carbonyl (C=O) groups is 6. The molecule has 0 spiro atoms. The fourth-order valence-electron chi connectivity index (χ4n) is 17.1. The molecular weight excluding hydrogens is 1800 g/mol. The predicted octanol–water partition coefficient (Wildman–Crippen LogP) is 13.6. The van der Waals surface area contributed by atoms with Crippen molar-refractivity contribution in [2.75, 3.05) is 36.9 Å². The number of sulfone groups is 3. The number of nitrogens with zero attached hydrogens (tertiary/aromatic N) is 3. The highest BCUT2D eigenvalue weighted by atomic mass is 32.2. The maximum absolute atomic E-state index is 14.4. The summed E-state index contributed by atoms with van der Waals surface area (Å²) in [6.45, 7) is 14.6. The van der Waals surface area contributed by atoms with Crippen molar-refractivity contribution in [3.8, 4) is 0 Å². The Morgan fingerprint density at radius 2 is 0.659 bits per heavy atom. The van der Waals surface area contributed by atoms with E-state index in [9.17, 15) is 95.7 Å². The van der Waals surface area contributed by atoms with Crippen LogP contribution >= 0.6 is 0 Å². The number of aliphatic hydroxyl groups is 3. The fraction of sp³-hybridized carbons (Fsp3) is 0.529. The molecule has 3 unspecified atom stereocenters. The van der Waals surface area contributed by atoms with Crippen LogP contribution in [0.25, 0.3) is 0 Å². The van der Waals surface area contributed by atoms with E-state index in [0.717, 1.165) is 109 Å². The highest BCUT2D eigenvalue weighted by molar-refractivity contribution is 7.92. The molecule has 0 aliphatic heterocycles. The zero-order valence-electron chi connectivity index (χ0n) is 79.1. The molecule has 7 aromatic rings. The lowest BCUT2D eigenvalue weighted by Crippen LogP contribution is -2.56. The second-order valence-electron chi connectivity index (χ2n) is 35.9. The van der Waals surface area contributed by atoms with Crippen LogP contribution in [0.1, 0.15) is 237 Å². The third kappa shape index (κ3) is 37.1. The van der Waals surface area contributed by atoms with Crippen LogP contribution in [-0.2, 0) is 93.9 Å². The predicted molar refractivity (Wildman–Crippen MR) is 515 cm³/mol. The first kappa shape index (κ1) is 113. The van der Waals surface area contributed by atoms with Gasteiger partial charge in [0.25, 0.3) is 11.8 Å². The topological polar surface area (TPSA) is 389 Å². The number of rotatable bonds is 52. The second-order valence-corrected chi connectivity index (χ2v) is 42.9. The van der Waals surface area contributed by atoms with E-state index < -0.39 is 182 Å². The Labute approximate surface area is 794 Å². The quantitative estimate of drug-likeness (QED) is 0.0160. The largest absolute Gasteiger partial charge is 0.390 e. The molecule has 744 valence electrons. The number of aryl methyl sites for hydroxylation is 2. The summed E-state index contributed by atoms with van der Waals surface area (Å²) in [5.74, 6) is -10.1. The number of aliphatic hydroxyl groups excluding tert-OH is 3. The first-order valence-electron chi connectivity index (χ1n) is 47.5. The third-order valence-electron chi connectivity index (χ3n) is 24.6. The van der Waals surface area contributed by atoms with Gasteiger partial charge in [-0.05, 0) is 196 Å². The van der Waals surface area contributed by atoms with Gasteiger partial charge in [0.05, 0.1) is 51.3 Å². The number of carbonyl (C=O) groups excluding carboxylic acids is 6. The zero-order valence-corrected chi connectivity index (χ0v) is 81.6.